The number of nitrogens with two attached hydrogens (primary N) is 1. The number of rotatable bonds is 5. The fourth-order valence-corrected chi connectivity index (χ4v) is 4.25. The molecule has 0 spiro atoms. The van der Waals surface area contributed by atoms with E-state index in [4.69, 9.17) is 33.1 Å². The highest BCUT2D eigenvalue weighted by atomic mass is 35.5. The standard InChI is InChI=1S/C20H18Cl2N2O5S/c1-12-8-14-9-16(30(23,27)28)5-6-18(14)24(12)19(25)11-29-20(26)7-3-13-2-4-15(21)10-17(13)22/h2-7,9-10,12H,8,11H2,1H3,(H2,23,27,28)/b7-3+. The Kier molecular flexibility index (Phi) is 6.52. The number of amides is 1. The van der Waals surface area contributed by atoms with Gasteiger partial charge in [-0.2, -0.15) is 0 Å². The van der Waals surface area contributed by atoms with Gasteiger partial charge in [-0.25, -0.2) is 18.4 Å². The number of carbonyl (C=O) groups is 2. The minimum absolute atomic E-state index is 0.0137. The van der Waals surface area contributed by atoms with Crippen molar-refractivity contribution in [2.75, 3.05) is 11.5 Å². The second kappa shape index (κ2) is 8.77. The van der Waals surface area contributed by atoms with Gasteiger partial charge in [-0.05, 0) is 60.9 Å². The van der Waals surface area contributed by atoms with Gasteiger partial charge in [0.15, 0.2) is 6.61 Å². The molecule has 0 fully saturated rings. The van der Waals surface area contributed by atoms with Crippen LogP contribution in [0.2, 0.25) is 10.0 Å². The quantitative estimate of drug-likeness (QED) is 0.535. The number of ether oxygens (including phenoxy) is 1. The Morgan fingerprint density at radius 1 is 1.23 bits per heavy atom. The van der Waals surface area contributed by atoms with Crippen molar-refractivity contribution in [2.45, 2.75) is 24.3 Å². The third-order valence-corrected chi connectivity index (χ3v) is 6.04. The van der Waals surface area contributed by atoms with Crippen molar-refractivity contribution in [1.29, 1.82) is 0 Å². The summed E-state index contributed by atoms with van der Waals surface area (Å²) < 4.78 is 28.1. The van der Waals surface area contributed by atoms with Crippen LogP contribution in [-0.4, -0.2) is 32.9 Å². The highest BCUT2D eigenvalue weighted by molar-refractivity contribution is 7.89. The maximum absolute atomic E-state index is 12.6. The molecule has 0 aromatic heterocycles. The van der Waals surface area contributed by atoms with Gasteiger partial charge in [0, 0.05) is 27.9 Å². The number of carbonyl (C=O) groups excluding carboxylic acids is 2. The Morgan fingerprint density at radius 3 is 2.63 bits per heavy atom. The van der Waals surface area contributed by atoms with Crippen LogP contribution in [-0.2, 0) is 30.8 Å². The largest absolute Gasteiger partial charge is 0.452 e. The van der Waals surface area contributed by atoms with Crippen LogP contribution < -0.4 is 10.0 Å². The number of sulfonamides is 1. The minimum Gasteiger partial charge on any atom is -0.452 e. The average molecular weight is 469 g/mol. The first kappa shape index (κ1) is 22.3. The van der Waals surface area contributed by atoms with E-state index < -0.39 is 28.5 Å². The SMILES string of the molecule is CC1Cc2cc(S(N)(=O)=O)ccc2N1C(=O)COC(=O)/C=C/c1ccc(Cl)cc1Cl. The van der Waals surface area contributed by atoms with Gasteiger partial charge >= 0.3 is 5.97 Å². The van der Waals surface area contributed by atoms with Crippen molar-refractivity contribution < 1.29 is 22.7 Å². The molecular formula is C20H18Cl2N2O5S. The number of fused-ring (bicyclic) bond motifs is 1. The molecule has 30 heavy (non-hydrogen) atoms. The van der Waals surface area contributed by atoms with Crippen LogP contribution >= 0.6 is 23.2 Å². The number of halogens is 2. The molecule has 1 atom stereocenters. The molecule has 0 saturated carbocycles. The Morgan fingerprint density at radius 2 is 1.97 bits per heavy atom. The van der Waals surface area contributed by atoms with E-state index in [1.165, 1.54) is 35.3 Å². The summed E-state index contributed by atoms with van der Waals surface area (Å²) in [5.74, 6) is -1.12. The van der Waals surface area contributed by atoms with E-state index in [0.717, 1.165) is 0 Å². The van der Waals surface area contributed by atoms with Gasteiger partial charge in [0.2, 0.25) is 10.0 Å². The lowest BCUT2D eigenvalue weighted by Gasteiger charge is -2.22. The van der Waals surface area contributed by atoms with Crippen LogP contribution in [0.15, 0.2) is 47.4 Å². The number of hydrogen-bond acceptors (Lipinski definition) is 5. The van der Waals surface area contributed by atoms with Gasteiger partial charge in [0.1, 0.15) is 0 Å². The van der Waals surface area contributed by atoms with Gasteiger partial charge in [-0.15, -0.1) is 0 Å². The number of hydrogen-bond donors (Lipinski definition) is 1. The molecule has 158 valence electrons. The summed E-state index contributed by atoms with van der Waals surface area (Å²) in [4.78, 5) is 26.1. The van der Waals surface area contributed by atoms with Crippen LogP contribution in [0, 0.1) is 0 Å². The van der Waals surface area contributed by atoms with Crippen LogP contribution in [0.25, 0.3) is 6.08 Å². The summed E-state index contributed by atoms with van der Waals surface area (Å²) in [5, 5.41) is 6.01. The predicted octanol–water partition coefficient (Wildman–Crippen LogP) is 3.18. The topological polar surface area (TPSA) is 107 Å². The third-order valence-electron chi connectivity index (χ3n) is 4.56. The van der Waals surface area contributed by atoms with Crippen molar-refractivity contribution in [3.8, 4) is 0 Å². The highest BCUT2D eigenvalue weighted by Gasteiger charge is 2.32. The third kappa shape index (κ3) is 5.02. The fourth-order valence-electron chi connectivity index (χ4n) is 3.21. The first-order chi connectivity index (χ1) is 14.1. The van der Waals surface area contributed by atoms with E-state index in [1.807, 2.05) is 6.92 Å². The Hall–Kier alpha value is -2.39. The monoisotopic (exact) mass is 468 g/mol. The molecule has 7 nitrogen and oxygen atoms in total. The zero-order valence-electron chi connectivity index (χ0n) is 15.8. The number of nitrogens with zero attached hydrogens (tertiary/aromatic N) is 1. The van der Waals surface area contributed by atoms with Crippen molar-refractivity contribution in [3.63, 3.8) is 0 Å². The van der Waals surface area contributed by atoms with E-state index in [-0.39, 0.29) is 10.9 Å². The first-order valence-corrected chi connectivity index (χ1v) is 11.1. The van der Waals surface area contributed by atoms with Crippen LogP contribution in [0.1, 0.15) is 18.1 Å². The molecule has 3 rings (SSSR count). The van der Waals surface area contributed by atoms with E-state index in [1.54, 1.807) is 18.2 Å². The molecule has 10 heteroatoms. The minimum atomic E-state index is -3.83. The molecule has 0 saturated heterocycles. The molecule has 1 amide bonds. The molecule has 2 aromatic rings. The van der Waals surface area contributed by atoms with Crippen LogP contribution in [0.3, 0.4) is 0 Å². The van der Waals surface area contributed by atoms with Crippen molar-refractivity contribution in [3.05, 3.63) is 63.6 Å². The molecule has 2 aromatic carbocycles. The second-order valence-electron chi connectivity index (χ2n) is 6.76. The van der Waals surface area contributed by atoms with Gasteiger partial charge in [-0.3, -0.25) is 4.79 Å². The maximum Gasteiger partial charge on any atom is 0.331 e. The molecule has 1 aliphatic heterocycles. The Bertz CT molecular complexity index is 1150. The normalized spacial score (nSPS) is 16.0. The molecule has 1 heterocycles. The zero-order valence-corrected chi connectivity index (χ0v) is 18.2. The lowest BCUT2D eigenvalue weighted by molar-refractivity contribution is -0.143. The Labute approximate surface area is 184 Å². The highest BCUT2D eigenvalue weighted by Crippen LogP contribution is 2.33. The number of primary sulfonamides is 1. The van der Waals surface area contributed by atoms with E-state index in [0.29, 0.717) is 33.3 Å². The summed E-state index contributed by atoms with van der Waals surface area (Å²) in [6, 6.07) is 8.95. The second-order valence-corrected chi connectivity index (χ2v) is 9.16. The molecule has 1 aliphatic rings. The maximum atomic E-state index is 12.6. The summed E-state index contributed by atoms with van der Waals surface area (Å²) in [6.45, 7) is 1.36. The lowest BCUT2D eigenvalue weighted by Crippen LogP contribution is -2.38. The zero-order chi connectivity index (χ0) is 22.1. The molecule has 1 unspecified atom stereocenters. The van der Waals surface area contributed by atoms with E-state index in [2.05, 4.69) is 0 Å². The fraction of sp³-hybridized carbons (Fsp3) is 0.200. The first-order valence-electron chi connectivity index (χ1n) is 8.84. The number of esters is 1. The van der Waals surface area contributed by atoms with Crippen molar-refractivity contribution in [2.24, 2.45) is 5.14 Å². The summed E-state index contributed by atoms with van der Waals surface area (Å²) in [6.07, 6.45) is 3.10. The molecule has 2 N–H and O–H groups in total. The smallest absolute Gasteiger partial charge is 0.331 e. The molecule has 0 aliphatic carbocycles. The Balaban J connectivity index is 1.65. The summed E-state index contributed by atoms with van der Waals surface area (Å²) in [7, 11) is -3.83. The van der Waals surface area contributed by atoms with Gasteiger partial charge < -0.3 is 9.64 Å². The van der Waals surface area contributed by atoms with Crippen LogP contribution in [0.4, 0.5) is 5.69 Å². The molecule has 0 radical (unpaired) electrons. The number of anilines is 1. The summed E-state index contributed by atoms with van der Waals surface area (Å²) in [5.41, 5.74) is 1.84. The van der Waals surface area contributed by atoms with Crippen molar-refractivity contribution >= 4 is 56.9 Å². The predicted molar refractivity (Wildman–Crippen MR) is 115 cm³/mol. The van der Waals surface area contributed by atoms with Gasteiger partial charge in [0.25, 0.3) is 5.91 Å². The van der Waals surface area contributed by atoms with Gasteiger partial charge in [0.05, 0.1) is 4.90 Å². The molecule has 0 bridgehead atoms. The van der Waals surface area contributed by atoms with Gasteiger partial charge in [-0.1, -0.05) is 29.3 Å². The van der Waals surface area contributed by atoms with E-state index in [9.17, 15) is 18.0 Å². The lowest BCUT2D eigenvalue weighted by atomic mass is 10.1. The van der Waals surface area contributed by atoms with Crippen molar-refractivity contribution in [1.82, 2.24) is 0 Å². The number of benzene rings is 2. The average Bonchev–Trinajstić information content (AvgIpc) is 2.99. The summed E-state index contributed by atoms with van der Waals surface area (Å²) >= 11 is 11.9. The molecular weight excluding hydrogens is 451 g/mol. The van der Waals surface area contributed by atoms with E-state index >= 15 is 0 Å². The van der Waals surface area contributed by atoms with Crippen LogP contribution in [0.5, 0.6) is 0 Å².